The van der Waals surface area contributed by atoms with Gasteiger partial charge in [-0.15, -0.1) is 0 Å². The normalized spacial score (nSPS) is 14.6. The molecule has 10 nitrogen and oxygen atoms in total. The molecule has 5 rings (SSSR count). The van der Waals surface area contributed by atoms with E-state index in [2.05, 4.69) is 20.9 Å². The van der Waals surface area contributed by atoms with Gasteiger partial charge in [-0.05, 0) is 91.2 Å². The minimum absolute atomic E-state index is 0.00991. The zero-order chi connectivity index (χ0) is 33.1. The average Bonchev–Trinajstić information content (AvgIpc) is 3.30. The third kappa shape index (κ3) is 6.93. The predicted octanol–water partition coefficient (Wildman–Crippen LogP) is 6.49. The molecule has 0 bridgehead atoms. The van der Waals surface area contributed by atoms with E-state index in [1.165, 1.54) is 28.0 Å². The van der Waals surface area contributed by atoms with Gasteiger partial charge >= 0.3 is 5.97 Å². The van der Waals surface area contributed by atoms with Crippen LogP contribution in [-0.2, 0) is 16.1 Å². The first-order valence-electron chi connectivity index (χ1n) is 14.3. The van der Waals surface area contributed by atoms with Gasteiger partial charge in [0.15, 0.2) is 10.6 Å². The summed E-state index contributed by atoms with van der Waals surface area (Å²) in [6.45, 7) is 7.58. The number of aromatic nitrogens is 1. The number of esters is 1. The molecule has 0 saturated heterocycles. The number of benzene rings is 3. The molecule has 238 valence electrons. The lowest BCUT2D eigenvalue weighted by atomic mass is 9.95. The summed E-state index contributed by atoms with van der Waals surface area (Å²) >= 11 is 11.3. The second-order valence-electron chi connectivity index (χ2n) is 10.5. The maximum absolute atomic E-state index is 14.1. The molecule has 1 atom stereocenters. The number of hydrogen-bond donors (Lipinski definition) is 0. The molecule has 0 saturated carbocycles. The molecule has 46 heavy (non-hydrogen) atoms. The summed E-state index contributed by atoms with van der Waals surface area (Å²) in [6.07, 6.45) is 1.56. The van der Waals surface area contributed by atoms with Crippen LogP contribution in [0, 0.1) is 10.1 Å². The van der Waals surface area contributed by atoms with Crippen LogP contribution < -0.4 is 24.4 Å². The molecule has 0 unspecified atom stereocenters. The number of hydrogen-bond acceptors (Lipinski definition) is 9. The average molecular weight is 727 g/mol. The lowest BCUT2D eigenvalue weighted by Gasteiger charge is -2.26. The van der Waals surface area contributed by atoms with Crippen molar-refractivity contribution in [1.29, 1.82) is 0 Å². The van der Waals surface area contributed by atoms with Crippen molar-refractivity contribution in [3.63, 3.8) is 0 Å². The quantitative estimate of drug-likeness (QED) is 0.104. The topological polar surface area (TPSA) is 122 Å². The third-order valence-corrected chi connectivity index (χ3v) is 8.79. The Kier molecular flexibility index (Phi) is 10.1. The minimum atomic E-state index is -0.821. The number of thiazole rings is 1. The monoisotopic (exact) mass is 725 g/mol. The molecule has 0 aliphatic carbocycles. The molecule has 0 radical (unpaired) electrons. The van der Waals surface area contributed by atoms with Gasteiger partial charge in [0.1, 0.15) is 18.4 Å². The van der Waals surface area contributed by atoms with Crippen molar-refractivity contribution in [3.8, 4) is 11.5 Å². The van der Waals surface area contributed by atoms with Gasteiger partial charge in [0, 0.05) is 17.7 Å². The second kappa shape index (κ2) is 14.0. The van der Waals surface area contributed by atoms with E-state index in [0.717, 1.165) is 5.56 Å². The number of rotatable bonds is 10. The maximum Gasteiger partial charge on any atom is 0.338 e. The first-order valence-corrected chi connectivity index (χ1v) is 16.3. The Morgan fingerprint density at radius 3 is 2.57 bits per heavy atom. The Labute approximate surface area is 281 Å². The fourth-order valence-corrected chi connectivity index (χ4v) is 7.01. The third-order valence-electron chi connectivity index (χ3n) is 6.94. The van der Waals surface area contributed by atoms with Gasteiger partial charge in [0.25, 0.3) is 11.2 Å². The highest BCUT2D eigenvalue weighted by Gasteiger charge is 2.35. The SMILES string of the molecule is CCOC(=O)C1=C(C)N=c2s/c(=C/c3cc(Cl)c(OCc4ccc([N+](=O)[O-])cc4)c(Br)c3)c(=O)n2[C@H]1c1ccccc1OC(C)C. The zero-order valence-electron chi connectivity index (χ0n) is 25.3. The van der Waals surface area contributed by atoms with Crippen molar-refractivity contribution in [2.75, 3.05) is 6.61 Å². The molecule has 1 aliphatic rings. The van der Waals surface area contributed by atoms with Crippen LogP contribution in [0.25, 0.3) is 6.08 Å². The number of para-hydroxylation sites is 1. The molecule has 1 aliphatic heterocycles. The number of nitro benzene ring substituents is 1. The highest BCUT2D eigenvalue weighted by molar-refractivity contribution is 9.10. The summed E-state index contributed by atoms with van der Waals surface area (Å²) in [5.74, 6) is 0.381. The van der Waals surface area contributed by atoms with Crippen LogP contribution in [0.4, 0.5) is 5.69 Å². The van der Waals surface area contributed by atoms with Crippen LogP contribution in [0.5, 0.6) is 11.5 Å². The Morgan fingerprint density at radius 1 is 1.20 bits per heavy atom. The number of fused-ring (bicyclic) bond motifs is 1. The van der Waals surface area contributed by atoms with Gasteiger partial charge in [-0.2, -0.15) is 0 Å². The first-order chi connectivity index (χ1) is 22.0. The minimum Gasteiger partial charge on any atom is -0.491 e. The van der Waals surface area contributed by atoms with Crippen molar-refractivity contribution in [2.45, 2.75) is 46.4 Å². The number of carbonyl (C=O) groups excluding carboxylic acids is 1. The van der Waals surface area contributed by atoms with E-state index in [1.54, 1.807) is 44.2 Å². The van der Waals surface area contributed by atoms with Crippen molar-refractivity contribution in [2.24, 2.45) is 4.99 Å². The van der Waals surface area contributed by atoms with E-state index in [0.29, 0.717) is 47.2 Å². The van der Waals surface area contributed by atoms with Crippen LogP contribution in [0.15, 0.2) is 86.2 Å². The summed E-state index contributed by atoms with van der Waals surface area (Å²) in [6, 6.07) is 16.0. The van der Waals surface area contributed by atoms with E-state index in [9.17, 15) is 19.7 Å². The predicted molar refractivity (Wildman–Crippen MR) is 179 cm³/mol. The summed E-state index contributed by atoms with van der Waals surface area (Å²) < 4.78 is 19.9. The summed E-state index contributed by atoms with van der Waals surface area (Å²) in [5.41, 5.74) is 2.37. The van der Waals surface area contributed by atoms with Crippen molar-refractivity contribution < 1.29 is 23.9 Å². The number of non-ortho nitro benzene ring substituents is 1. The van der Waals surface area contributed by atoms with E-state index >= 15 is 0 Å². The van der Waals surface area contributed by atoms with Crippen molar-refractivity contribution >= 4 is 56.6 Å². The fraction of sp³-hybridized carbons (Fsp3) is 0.242. The summed E-state index contributed by atoms with van der Waals surface area (Å²) in [4.78, 5) is 42.9. The summed E-state index contributed by atoms with van der Waals surface area (Å²) in [5, 5.41) is 11.2. The molecule has 2 heterocycles. The summed E-state index contributed by atoms with van der Waals surface area (Å²) in [7, 11) is 0. The van der Waals surface area contributed by atoms with Crippen LogP contribution in [0.2, 0.25) is 5.02 Å². The number of ether oxygens (including phenoxy) is 3. The Balaban J connectivity index is 1.54. The Bertz CT molecular complexity index is 2010. The lowest BCUT2D eigenvalue weighted by Crippen LogP contribution is -2.40. The molecular weight excluding hydrogens is 698 g/mol. The Morgan fingerprint density at radius 2 is 1.91 bits per heavy atom. The number of halogens is 2. The highest BCUT2D eigenvalue weighted by atomic mass is 79.9. The molecule has 3 aromatic carbocycles. The molecule has 13 heteroatoms. The van der Waals surface area contributed by atoms with Gasteiger partial charge in [-0.3, -0.25) is 19.5 Å². The number of allylic oxidation sites excluding steroid dienone is 1. The second-order valence-corrected chi connectivity index (χ2v) is 12.8. The van der Waals surface area contributed by atoms with Gasteiger partial charge in [0.2, 0.25) is 0 Å². The standard InChI is InChI=1S/C33H29BrClN3O7S/c1-5-43-32(40)28-19(4)36-33-37(29(28)23-8-6-7-9-26(23)45-18(2)3)31(39)27(46-33)16-21-14-24(34)30(25(35)15-21)44-17-20-10-12-22(13-11-20)38(41)42/h6-16,18,29H,5,17H2,1-4H3/b27-16+/t29-/m0/s1. The Hall–Kier alpha value is -4.26. The molecule has 0 spiro atoms. The number of nitrogens with zero attached hydrogens (tertiary/aromatic N) is 3. The van der Waals surface area contributed by atoms with Gasteiger partial charge in [0.05, 0.1) is 42.9 Å². The van der Waals surface area contributed by atoms with E-state index < -0.39 is 16.9 Å². The van der Waals surface area contributed by atoms with E-state index in [4.69, 9.17) is 25.8 Å². The maximum atomic E-state index is 14.1. The van der Waals surface area contributed by atoms with Gasteiger partial charge in [-0.25, -0.2) is 9.79 Å². The lowest BCUT2D eigenvalue weighted by molar-refractivity contribution is -0.384. The molecule has 0 amide bonds. The highest BCUT2D eigenvalue weighted by Crippen LogP contribution is 2.37. The van der Waals surface area contributed by atoms with Crippen LogP contribution >= 0.6 is 38.9 Å². The van der Waals surface area contributed by atoms with Crippen LogP contribution in [0.3, 0.4) is 0 Å². The fourth-order valence-electron chi connectivity index (χ4n) is 4.97. The molecular formula is C33H29BrClN3O7S. The zero-order valence-corrected chi connectivity index (χ0v) is 28.4. The van der Waals surface area contributed by atoms with Gasteiger partial charge in [-0.1, -0.05) is 41.1 Å². The van der Waals surface area contributed by atoms with Gasteiger partial charge < -0.3 is 14.2 Å². The van der Waals surface area contributed by atoms with Crippen molar-refractivity contribution in [1.82, 2.24) is 4.57 Å². The van der Waals surface area contributed by atoms with Crippen LogP contribution in [0.1, 0.15) is 50.4 Å². The molecule has 4 aromatic rings. The number of nitro groups is 1. The van der Waals surface area contributed by atoms with Crippen molar-refractivity contribution in [3.05, 3.63) is 128 Å². The first kappa shape index (κ1) is 33.1. The number of carbonyl (C=O) groups is 1. The molecule has 1 aromatic heterocycles. The van der Waals surface area contributed by atoms with Crippen LogP contribution in [-0.4, -0.2) is 28.2 Å². The smallest absolute Gasteiger partial charge is 0.338 e. The molecule has 0 fully saturated rings. The molecule has 0 N–H and O–H groups in total. The largest absolute Gasteiger partial charge is 0.491 e. The van der Waals surface area contributed by atoms with E-state index in [-0.39, 0.29) is 36.1 Å². The van der Waals surface area contributed by atoms with E-state index in [1.807, 2.05) is 38.1 Å².